The minimum absolute atomic E-state index is 0.157. The molecule has 1 aliphatic heterocycles. The molecule has 2 amide bonds. The van der Waals surface area contributed by atoms with Crippen molar-refractivity contribution >= 4 is 22.8 Å². The SMILES string of the molecule is CC1(C)CCC(CNC(=O)Nc2cc(F)c(Oc3ccnc4[nH]cc(C(F)(F)F)c34)c(F)c2)O1. The molecule has 34 heavy (non-hydrogen) atoms. The van der Waals surface area contributed by atoms with Crippen LogP contribution in [0.1, 0.15) is 32.3 Å². The van der Waals surface area contributed by atoms with Crippen LogP contribution >= 0.6 is 0 Å². The van der Waals surface area contributed by atoms with Crippen LogP contribution < -0.4 is 15.4 Å². The summed E-state index contributed by atoms with van der Waals surface area (Å²) in [5.74, 6) is -3.79. The van der Waals surface area contributed by atoms with E-state index in [9.17, 15) is 26.7 Å². The summed E-state index contributed by atoms with van der Waals surface area (Å²) >= 11 is 0. The Morgan fingerprint density at radius 2 is 2.00 bits per heavy atom. The molecule has 182 valence electrons. The second kappa shape index (κ2) is 8.75. The van der Waals surface area contributed by atoms with Crippen LogP contribution in [0.3, 0.4) is 0 Å². The van der Waals surface area contributed by atoms with Crippen molar-refractivity contribution in [2.75, 3.05) is 11.9 Å². The number of fused-ring (bicyclic) bond motifs is 1. The number of anilines is 1. The van der Waals surface area contributed by atoms with Crippen LogP contribution in [0.25, 0.3) is 11.0 Å². The highest BCUT2D eigenvalue weighted by molar-refractivity contribution is 5.89. The number of H-pyrrole nitrogens is 1. The maximum absolute atomic E-state index is 14.6. The lowest BCUT2D eigenvalue weighted by Crippen LogP contribution is -2.36. The first-order chi connectivity index (χ1) is 15.9. The van der Waals surface area contributed by atoms with Crippen molar-refractivity contribution < 1.29 is 36.2 Å². The van der Waals surface area contributed by atoms with Crippen molar-refractivity contribution in [1.29, 1.82) is 0 Å². The molecule has 3 N–H and O–H groups in total. The average Bonchev–Trinajstić information content (AvgIpc) is 3.32. The predicted molar refractivity (Wildman–Crippen MR) is 113 cm³/mol. The molecule has 0 aliphatic carbocycles. The third-order valence-electron chi connectivity index (χ3n) is 5.35. The molecule has 12 heteroatoms. The highest BCUT2D eigenvalue weighted by Gasteiger charge is 2.35. The predicted octanol–water partition coefficient (Wildman–Crippen LogP) is 5.73. The van der Waals surface area contributed by atoms with Crippen LogP contribution in [0, 0.1) is 11.6 Å². The Labute approximate surface area is 190 Å². The van der Waals surface area contributed by atoms with E-state index in [1.807, 2.05) is 13.8 Å². The molecular formula is C22H21F5N4O3. The van der Waals surface area contributed by atoms with Crippen LogP contribution in [0.15, 0.2) is 30.6 Å². The molecule has 4 rings (SSSR count). The summed E-state index contributed by atoms with van der Waals surface area (Å²) in [6.45, 7) is 4.11. The largest absolute Gasteiger partial charge is 0.450 e. The highest BCUT2D eigenvalue weighted by Crippen LogP contribution is 2.41. The molecule has 1 unspecified atom stereocenters. The average molecular weight is 484 g/mol. The molecule has 3 aromatic rings. The number of rotatable bonds is 5. The number of hydrogen-bond acceptors (Lipinski definition) is 4. The van der Waals surface area contributed by atoms with Crippen LogP contribution in [0.2, 0.25) is 0 Å². The van der Waals surface area contributed by atoms with Crippen molar-refractivity contribution in [1.82, 2.24) is 15.3 Å². The number of carbonyl (C=O) groups excluding carboxylic acids is 1. The first-order valence-electron chi connectivity index (χ1n) is 10.4. The second-order valence-corrected chi connectivity index (χ2v) is 8.48. The lowest BCUT2D eigenvalue weighted by Gasteiger charge is -2.19. The van der Waals surface area contributed by atoms with Crippen LogP contribution in [-0.2, 0) is 10.9 Å². The Morgan fingerprint density at radius 1 is 1.29 bits per heavy atom. The number of aromatic amines is 1. The highest BCUT2D eigenvalue weighted by atomic mass is 19.4. The number of aromatic nitrogens is 2. The number of nitrogens with zero attached hydrogens (tertiary/aromatic N) is 1. The van der Waals surface area contributed by atoms with Gasteiger partial charge in [-0.2, -0.15) is 13.2 Å². The standard InChI is InChI=1S/C22H21F5N4O3/c1-21(2)5-3-12(34-21)9-30-20(32)31-11-7-14(23)18(15(24)8-11)33-16-4-6-28-19-17(16)13(10-29-19)22(25,26)27/h4,6-8,10,12H,3,5,9H2,1-2H3,(H,28,29)(H2,30,31,32). The van der Waals surface area contributed by atoms with Gasteiger partial charge in [0.1, 0.15) is 11.4 Å². The van der Waals surface area contributed by atoms with E-state index < -0.39 is 46.3 Å². The van der Waals surface area contributed by atoms with Crippen molar-refractivity contribution in [3.8, 4) is 11.5 Å². The van der Waals surface area contributed by atoms with Gasteiger partial charge in [-0.15, -0.1) is 0 Å². The van der Waals surface area contributed by atoms with Crippen LogP contribution in [0.4, 0.5) is 32.4 Å². The number of carbonyl (C=O) groups is 1. The molecule has 0 spiro atoms. The number of amides is 2. The third-order valence-corrected chi connectivity index (χ3v) is 5.35. The van der Waals surface area contributed by atoms with Gasteiger partial charge in [-0.25, -0.2) is 18.6 Å². The summed E-state index contributed by atoms with van der Waals surface area (Å²) in [5, 5.41) is 4.42. The van der Waals surface area contributed by atoms with Crippen molar-refractivity contribution in [2.24, 2.45) is 0 Å². The van der Waals surface area contributed by atoms with Gasteiger partial charge in [-0.1, -0.05) is 0 Å². The minimum Gasteiger partial charge on any atom is -0.450 e. The fraction of sp³-hybridized carbons (Fsp3) is 0.364. The lowest BCUT2D eigenvalue weighted by molar-refractivity contribution is -0.136. The molecule has 7 nitrogen and oxygen atoms in total. The van der Waals surface area contributed by atoms with E-state index in [1.54, 1.807) is 0 Å². The van der Waals surface area contributed by atoms with Gasteiger partial charge < -0.3 is 25.1 Å². The van der Waals surface area contributed by atoms with Crippen LogP contribution in [0.5, 0.6) is 11.5 Å². The van der Waals surface area contributed by atoms with Gasteiger partial charge in [-0.05, 0) is 32.8 Å². The second-order valence-electron chi connectivity index (χ2n) is 8.48. The number of nitrogens with one attached hydrogen (secondary N) is 3. The Balaban J connectivity index is 1.48. The topological polar surface area (TPSA) is 88.3 Å². The summed E-state index contributed by atoms with van der Waals surface area (Å²) in [6.07, 6.45) is -1.47. The summed E-state index contributed by atoms with van der Waals surface area (Å²) in [4.78, 5) is 18.2. The fourth-order valence-electron chi connectivity index (χ4n) is 3.78. The first-order valence-corrected chi connectivity index (χ1v) is 10.4. The summed E-state index contributed by atoms with van der Waals surface area (Å²) < 4.78 is 80.1. The van der Waals surface area contributed by atoms with Crippen LogP contribution in [-0.4, -0.2) is 34.2 Å². The minimum atomic E-state index is -4.74. The Hall–Kier alpha value is -3.41. The Kier molecular flexibility index (Phi) is 6.11. The third kappa shape index (κ3) is 5.06. The number of hydrogen-bond donors (Lipinski definition) is 3. The quantitative estimate of drug-likeness (QED) is 0.404. The molecule has 0 bridgehead atoms. The van der Waals surface area contributed by atoms with Crippen molar-refractivity contribution in [3.05, 3.63) is 47.8 Å². The molecule has 2 aromatic heterocycles. The molecule has 1 aliphatic rings. The number of urea groups is 1. The van der Waals surface area contributed by atoms with E-state index in [-0.39, 0.29) is 29.6 Å². The van der Waals surface area contributed by atoms with Gasteiger partial charge in [0.05, 0.1) is 22.7 Å². The van der Waals surface area contributed by atoms with Gasteiger partial charge >= 0.3 is 12.2 Å². The zero-order valence-corrected chi connectivity index (χ0v) is 18.1. The number of halogens is 5. The zero-order chi connectivity index (χ0) is 24.7. The molecule has 0 saturated carbocycles. The normalized spacial score (nSPS) is 17.7. The Bertz CT molecular complexity index is 1200. The summed E-state index contributed by atoms with van der Waals surface area (Å²) in [7, 11) is 0. The smallest absolute Gasteiger partial charge is 0.418 e. The molecule has 1 saturated heterocycles. The van der Waals surface area contributed by atoms with E-state index in [1.165, 1.54) is 0 Å². The molecule has 1 atom stereocenters. The van der Waals surface area contributed by atoms with Gasteiger partial charge in [0, 0.05) is 36.8 Å². The molecular weight excluding hydrogens is 463 g/mol. The molecule has 1 aromatic carbocycles. The van der Waals surface area contributed by atoms with E-state index >= 15 is 0 Å². The zero-order valence-electron chi connectivity index (χ0n) is 18.1. The maximum atomic E-state index is 14.6. The van der Waals surface area contributed by atoms with Gasteiger partial charge in [0.15, 0.2) is 17.4 Å². The summed E-state index contributed by atoms with van der Waals surface area (Å²) in [6, 6.07) is 1.97. The lowest BCUT2D eigenvalue weighted by atomic mass is 10.1. The van der Waals surface area contributed by atoms with E-state index in [4.69, 9.17) is 9.47 Å². The summed E-state index contributed by atoms with van der Waals surface area (Å²) in [5.41, 5.74) is -1.72. The van der Waals surface area contributed by atoms with Crippen molar-refractivity contribution in [3.63, 3.8) is 0 Å². The fourth-order valence-corrected chi connectivity index (χ4v) is 3.78. The van der Waals surface area contributed by atoms with E-state index in [0.29, 0.717) is 6.20 Å². The van der Waals surface area contributed by atoms with E-state index in [2.05, 4.69) is 20.6 Å². The number of alkyl halides is 3. The Morgan fingerprint density at radius 3 is 2.62 bits per heavy atom. The molecule has 0 radical (unpaired) electrons. The molecule has 1 fully saturated rings. The van der Waals surface area contributed by atoms with Gasteiger partial charge in [0.2, 0.25) is 0 Å². The monoisotopic (exact) mass is 484 g/mol. The van der Waals surface area contributed by atoms with Gasteiger partial charge in [0.25, 0.3) is 0 Å². The van der Waals surface area contributed by atoms with Gasteiger partial charge in [-0.3, -0.25) is 0 Å². The number of pyridine rings is 1. The number of benzene rings is 1. The maximum Gasteiger partial charge on any atom is 0.418 e. The molecule has 3 heterocycles. The van der Waals surface area contributed by atoms with E-state index in [0.717, 1.165) is 37.2 Å². The first kappa shape index (κ1) is 23.7. The number of ether oxygens (including phenoxy) is 2. The van der Waals surface area contributed by atoms with Crippen molar-refractivity contribution in [2.45, 2.75) is 44.6 Å².